The highest BCUT2D eigenvalue weighted by Gasteiger charge is 2.24. The summed E-state index contributed by atoms with van der Waals surface area (Å²) in [5, 5.41) is 13.1. The lowest BCUT2D eigenvalue weighted by Gasteiger charge is -2.33. The summed E-state index contributed by atoms with van der Waals surface area (Å²) in [5.41, 5.74) is 0. The van der Waals surface area contributed by atoms with Crippen molar-refractivity contribution in [1.82, 2.24) is 10.2 Å². The molecule has 0 radical (unpaired) electrons. The van der Waals surface area contributed by atoms with Crippen LogP contribution in [0.1, 0.15) is 51.9 Å². The summed E-state index contributed by atoms with van der Waals surface area (Å²) in [6.45, 7) is 5.55. The molecule has 5 heteroatoms. The van der Waals surface area contributed by atoms with Gasteiger partial charge in [-0.25, -0.2) is 0 Å². The van der Waals surface area contributed by atoms with Crippen molar-refractivity contribution in [2.24, 2.45) is 5.92 Å². The Morgan fingerprint density at radius 1 is 1.27 bits per heavy atom. The molecule has 1 atom stereocenters. The Bertz CT molecular complexity index is 324. The van der Waals surface area contributed by atoms with Crippen LogP contribution < -0.4 is 5.32 Å². The number of aliphatic hydroxyl groups is 1. The first kappa shape index (κ1) is 17.7. The normalized spacial score (nSPS) is 22.8. The lowest BCUT2D eigenvalue weighted by Crippen LogP contribution is -2.47. The molecule has 5 nitrogen and oxygen atoms in total. The largest absolute Gasteiger partial charge is 0.389 e. The molecule has 2 fully saturated rings. The number of β-amino-alcohol motifs (C(OH)–C–C–N with tert-alkyl or cyclic N) is 1. The minimum atomic E-state index is -0.409. The molecule has 1 amide bonds. The highest BCUT2D eigenvalue weighted by molar-refractivity contribution is 5.76. The van der Waals surface area contributed by atoms with E-state index in [0.717, 1.165) is 25.9 Å². The van der Waals surface area contributed by atoms with Crippen molar-refractivity contribution in [3.63, 3.8) is 0 Å². The number of carbonyl (C=O) groups excluding carboxylic acids is 1. The summed E-state index contributed by atoms with van der Waals surface area (Å²) < 4.78 is 5.24. The van der Waals surface area contributed by atoms with Crippen LogP contribution in [0.2, 0.25) is 0 Å². The fraction of sp³-hybridized carbons (Fsp3) is 0.941. The van der Waals surface area contributed by atoms with E-state index in [1.807, 2.05) is 6.92 Å². The summed E-state index contributed by atoms with van der Waals surface area (Å²) in [6, 6.07) is 0.314. The number of likely N-dealkylation sites (tertiary alicyclic amines) is 1. The molecular weight excluding hydrogens is 280 g/mol. The van der Waals surface area contributed by atoms with Gasteiger partial charge in [-0.2, -0.15) is 0 Å². The van der Waals surface area contributed by atoms with Crippen LogP contribution in [0.4, 0.5) is 0 Å². The Kier molecular flexibility index (Phi) is 7.63. The second kappa shape index (κ2) is 9.48. The molecule has 22 heavy (non-hydrogen) atoms. The van der Waals surface area contributed by atoms with Gasteiger partial charge in [-0.1, -0.05) is 12.8 Å². The minimum Gasteiger partial charge on any atom is -0.389 e. The Labute approximate surface area is 134 Å². The number of ether oxygens (including phenoxy) is 1. The lowest BCUT2D eigenvalue weighted by molar-refractivity contribution is -0.123. The van der Waals surface area contributed by atoms with Gasteiger partial charge in [0.15, 0.2) is 0 Å². The predicted molar refractivity (Wildman–Crippen MR) is 86.7 cm³/mol. The van der Waals surface area contributed by atoms with Crippen LogP contribution in [0.15, 0.2) is 0 Å². The number of nitrogens with zero attached hydrogens (tertiary/aromatic N) is 1. The molecule has 1 heterocycles. The molecule has 2 N–H and O–H groups in total. The van der Waals surface area contributed by atoms with Gasteiger partial charge in [0, 0.05) is 38.7 Å². The maximum absolute atomic E-state index is 12.1. The van der Waals surface area contributed by atoms with Gasteiger partial charge < -0.3 is 20.1 Å². The number of hydrogen-bond donors (Lipinski definition) is 2. The molecule has 0 spiro atoms. The van der Waals surface area contributed by atoms with E-state index in [1.54, 1.807) is 0 Å². The molecule has 0 aromatic rings. The van der Waals surface area contributed by atoms with Crippen LogP contribution in [0.25, 0.3) is 0 Å². The Balaban J connectivity index is 1.59. The first-order valence-corrected chi connectivity index (χ1v) is 8.95. The van der Waals surface area contributed by atoms with Crippen LogP contribution in [-0.2, 0) is 9.53 Å². The monoisotopic (exact) mass is 312 g/mol. The first-order chi connectivity index (χ1) is 10.7. The van der Waals surface area contributed by atoms with Crippen molar-refractivity contribution in [3.8, 4) is 0 Å². The molecule has 2 rings (SSSR count). The number of nitrogens with one attached hydrogen (secondary N) is 1. The summed E-state index contributed by atoms with van der Waals surface area (Å²) in [4.78, 5) is 14.3. The summed E-state index contributed by atoms with van der Waals surface area (Å²) in [7, 11) is 0. The molecule has 0 bridgehead atoms. The van der Waals surface area contributed by atoms with Gasteiger partial charge in [0.25, 0.3) is 0 Å². The van der Waals surface area contributed by atoms with E-state index in [-0.39, 0.29) is 5.91 Å². The number of amides is 1. The van der Waals surface area contributed by atoms with Gasteiger partial charge in [0.2, 0.25) is 5.91 Å². The third-order valence-corrected chi connectivity index (χ3v) is 4.88. The van der Waals surface area contributed by atoms with Crippen LogP contribution in [0, 0.1) is 5.92 Å². The van der Waals surface area contributed by atoms with Crippen molar-refractivity contribution in [1.29, 1.82) is 0 Å². The number of carbonyl (C=O) groups is 1. The third-order valence-electron chi connectivity index (χ3n) is 4.88. The van der Waals surface area contributed by atoms with E-state index >= 15 is 0 Å². The number of piperidine rings is 1. The average molecular weight is 312 g/mol. The SMILES string of the molecule is CCOC[C@H](O)CN1CCC(NC(=O)CC2CCCC2)CC1. The summed E-state index contributed by atoms with van der Waals surface area (Å²) in [5.74, 6) is 0.857. The Morgan fingerprint density at radius 2 is 1.95 bits per heavy atom. The molecule has 1 saturated carbocycles. The molecule has 1 saturated heterocycles. The van der Waals surface area contributed by atoms with Gasteiger partial charge in [-0.3, -0.25) is 4.79 Å². The molecule has 2 aliphatic rings. The quantitative estimate of drug-likeness (QED) is 0.714. The minimum absolute atomic E-state index is 0.238. The van der Waals surface area contributed by atoms with Crippen molar-refractivity contribution in [3.05, 3.63) is 0 Å². The zero-order valence-corrected chi connectivity index (χ0v) is 13.9. The zero-order chi connectivity index (χ0) is 15.8. The number of aliphatic hydroxyl groups excluding tert-OH is 1. The first-order valence-electron chi connectivity index (χ1n) is 8.95. The van der Waals surface area contributed by atoms with E-state index in [4.69, 9.17) is 4.74 Å². The zero-order valence-electron chi connectivity index (χ0n) is 13.9. The molecule has 1 aliphatic carbocycles. The maximum atomic E-state index is 12.1. The number of rotatable bonds is 8. The fourth-order valence-electron chi connectivity index (χ4n) is 3.63. The van der Waals surface area contributed by atoms with Crippen molar-refractivity contribution in [2.45, 2.75) is 64.0 Å². The van der Waals surface area contributed by atoms with Gasteiger partial charge in [-0.15, -0.1) is 0 Å². The second-order valence-electron chi connectivity index (χ2n) is 6.81. The van der Waals surface area contributed by atoms with E-state index in [9.17, 15) is 9.90 Å². The van der Waals surface area contributed by atoms with Gasteiger partial charge in [-0.05, 0) is 38.5 Å². The smallest absolute Gasteiger partial charge is 0.220 e. The molecule has 128 valence electrons. The molecule has 0 aromatic carbocycles. The summed E-state index contributed by atoms with van der Waals surface area (Å²) in [6.07, 6.45) is 7.31. The van der Waals surface area contributed by atoms with Crippen LogP contribution in [0.3, 0.4) is 0 Å². The average Bonchev–Trinajstić information content (AvgIpc) is 3.00. The highest BCUT2D eigenvalue weighted by atomic mass is 16.5. The molecule has 0 unspecified atom stereocenters. The molecule has 0 aromatic heterocycles. The van der Waals surface area contributed by atoms with Crippen molar-refractivity contribution < 1.29 is 14.6 Å². The number of hydrogen-bond acceptors (Lipinski definition) is 4. The maximum Gasteiger partial charge on any atom is 0.220 e. The van der Waals surface area contributed by atoms with E-state index in [1.165, 1.54) is 25.7 Å². The van der Waals surface area contributed by atoms with E-state index in [0.29, 0.717) is 38.1 Å². The molecular formula is C17H32N2O3. The van der Waals surface area contributed by atoms with Crippen LogP contribution >= 0.6 is 0 Å². The Morgan fingerprint density at radius 3 is 2.59 bits per heavy atom. The second-order valence-corrected chi connectivity index (χ2v) is 6.81. The fourth-order valence-corrected chi connectivity index (χ4v) is 3.63. The Hall–Kier alpha value is -0.650. The molecule has 1 aliphatic heterocycles. The van der Waals surface area contributed by atoms with Crippen molar-refractivity contribution in [2.75, 3.05) is 32.8 Å². The topological polar surface area (TPSA) is 61.8 Å². The van der Waals surface area contributed by atoms with E-state index < -0.39 is 6.10 Å². The predicted octanol–water partition coefficient (Wildman–Crippen LogP) is 1.54. The van der Waals surface area contributed by atoms with Gasteiger partial charge in [0.1, 0.15) is 0 Å². The van der Waals surface area contributed by atoms with Crippen LogP contribution in [-0.4, -0.2) is 60.9 Å². The van der Waals surface area contributed by atoms with Gasteiger partial charge in [0.05, 0.1) is 12.7 Å². The van der Waals surface area contributed by atoms with Crippen LogP contribution in [0.5, 0.6) is 0 Å². The summed E-state index contributed by atoms with van der Waals surface area (Å²) >= 11 is 0. The third kappa shape index (κ3) is 6.23. The lowest BCUT2D eigenvalue weighted by atomic mass is 10.0. The van der Waals surface area contributed by atoms with Gasteiger partial charge >= 0.3 is 0 Å². The standard InChI is InChI=1S/C17H32N2O3/c1-2-22-13-16(20)12-19-9-7-15(8-10-19)18-17(21)11-14-5-3-4-6-14/h14-16,20H,2-13H2,1H3,(H,18,21)/t16-/m1/s1. The highest BCUT2D eigenvalue weighted by Crippen LogP contribution is 2.27. The van der Waals surface area contributed by atoms with Crippen molar-refractivity contribution >= 4 is 5.91 Å². The van der Waals surface area contributed by atoms with E-state index in [2.05, 4.69) is 10.2 Å².